The number of nitrogens with one attached hydrogen (secondary N) is 1. The molecule has 2 nitrogen and oxygen atoms in total. The van der Waals surface area contributed by atoms with Crippen molar-refractivity contribution < 1.29 is 0 Å². The molecular formula is C13H16N2S. The lowest BCUT2D eigenvalue weighted by molar-refractivity contribution is 0.678. The monoisotopic (exact) mass is 232 g/mol. The fraction of sp³-hybridized carbons (Fsp3) is 0.308. The minimum absolute atomic E-state index is 0.208. The highest BCUT2D eigenvalue weighted by Gasteiger charge is 2.16. The Morgan fingerprint density at radius 2 is 2.12 bits per heavy atom. The highest BCUT2D eigenvalue weighted by Crippen LogP contribution is 2.28. The zero-order valence-electron chi connectivity index (χ0n) is 9.82. The standard InChI is InChI=1S/C13H16N2S/c1-9-4-6-15-11(8-9)12(14-3)13-10(2)5-7-16-13/h4-8,12,14H,1-3H3. The number of aryl methyl sites for hydroxylation is 2. The summed E-state index contributed by atoms with van der Waals surface area (Å²) in [6.45, 7) is 4.24. The summed E-state index contributed by atoms with van der Waals surface area (Å²) >= 11 is 1.78. The summed E-state index contributed by atoms with van der Waals surface area (Å²) in [5, 5.41) is 5.47. The van der Waals surface area contributed by atoms with E-state index >= 15 is 0 Å². The van der Waals surface area contributed by atoms with Crippen LogP contribution in [0.4, 0.5) is 0 Å². The molecule has 0 aliphatic heterocycles. The second-order valence-electron chi connectivity index (χ2n) is 3.95. The van der Waals surface area contributed by atoms with Gasteiger partial charge in [-0.1, -0.05) is 0 Å². The molecule has 0 amide bonds. The highest BCUT2D eigenvalue weighted by atomic mass is 32.1. The number of rotatable bonds is 3. The Morgan fingerprint density at radius 3 is 2.69 bits per heavy atom. The smallest absolute Gasteiger partial charge is 0.0845 e. The highest BCUT2D eigenvalue weighted by molar-refractivity contribution is 7.10. The molecule has 1 N–H and O–H groups in total. The molecule has 2 aromatic heterocycles. The van der Waals surface area contributed by atoms with Crippen molar-refractivity contribution in [1.29, 1.82) is 0 Å². The van der Waals surface area contributed by atoms with E-state index in [1.54, 1.807) is 11.3 Å². The van der Waals surface area contributed by atoms with E-state index in [-0.39, 0.29) is 6.04 Å². The van der Waals surface area contributed by atoms with Gasteiger partial charge in [0.1, 0.15) is 0 Å². The number of pyridine rings is 1. The van der Waals surface area contributed by atoms with Crippen molar-refractivity contribution in [2.24, 2.45) is 0 Å². The molecule has 0 aliphatic carbocycles. The van der Waals surface area contributed by atoms with Gasteiger partial charge < -0.3 is 5.32 Å². The van der Waals surface area contributed by atoms with Gasteiger partial charge in [-0.25, -0.2) is 0 Å². The van der Waals surface area contributed by atoms with Crippen LogP contribution in [0.1, 0.15) is 27.7 Å². The van der Waals surface area contributed by atoms with E-state index in [4.69, 9.17) is 0 Å². The van der Waals surface area contributed by atoms with Crippen molar-refractivity contribution in [3.05, 3.63) is 51.5 Å². The lowest BCUT2D eigenvalue weighted by Crippen LogP contribution is -2.18. The first-order valence-corrected chi connectivity index (χ1v) is 6.24. The Balaban J connectivity index is 2.40. The van der Waals surface area contributed by atoms with Gasteiger partial charge in [0.2, 0.25) is 0 Å². The molecular weight excluding hydrogens is 216 g/mol. The molecule has 16 heavy (non-hydrogen) atoms. The molecule has 2 aromatic rings. The quantitative estimate of drug-likeness (QED) is 0.879. The fourth-order valence-corrected chi connectivity index (χ4v) is 2.86. The Kier molecular flexibility index (Phi) is 3.36. The zero-order chi connectivity index (χ0) is 11.5. The van der Waals surface area contributed by atoms with Crippen molar-refractivity contribution in [2.45, 2.75) is 19.9 Å². The molecule has 1 atom stereocenters. The Labute approximate surface area is 100 Å². The molecule has 1 unspecified atom stereocenters. The first kappa shape index (κ1) is 11.3. The van der Waals surface area contributed by atoms with Crippen LogP contribution < -0.4 is 5.32 Å². The number of thiophene rings is 1. The topological polar surface area (TPSA) is 24.9 Å². The van der Waals surface area contributed by atoms with Crippen LogP contribution >= 0.6 is 11.3 Å². The van der Waals surface area contributed by atoms with E-state index in [9.17, 15) is 0 Å². The average Bonchev–Trinajstić information content (AvgIpc) is 2.67. The summed E-state index contributed by atoms with van der Waals surface area (Å²) < 4.78 is 0. The van der Waals surface area contributed by atoms with Crippen LogP contribution in [0.3, 0.4) is 0 Å². The number of nitrogens with zero attached hydrogens (tertiary/aromatic N) is 1. The van der Waals surface area contributed by atoms with Gasteiger partial charge in [-0.05, 0) is 55.6 Å². The third-order valence-corrected chi connectivity index (χ3v) is 3.77. The van der Waals surface area contributed by atoms with Gasteiger partial charge in [-0.15, -0.1) is 11.3 Å². The molecule has 0 saturated heterocycles. The predicted molar refractivity (Wildman–Crippen MR) is 68.9 cm³/mol. The van der Waals surface area contributed by atoms with Crippen molar-refractivity contribution in [3.8, 4) is 0 Å². The maximum atomic E-state index is 4.45. The molecule has 0 aromatic carbocycles. The average molecular weight is 232 g/mol. The fourth-order valence-electron chi connectivity index (χ4n) is 1.81. The molecule has 0 aliphatic rings. The van der Waals surface area contributed by atoms with E-state index in [1.807, 2.05) is 19.3 Å². The van der Waals surface area contributed by atoms with Gasteiger partial charge in [0.25, 0.3) is 0 Å². The first-order valence-electron chi connectivity index (χ1n) is 5.36. The lowest BCUT2D eigenvalue weighted by atomic mass is 10.1. The van der Waals surface area contributed by atoms with E-state index in [0.717, 1.165) is 5.69 Å². The van der Waals surface area contributed by atoms with E-state index in [1.165, 1.54) is 16.0 Å². The maximum Gasteiger partial charge on any atom is 0.0845 e. The zero-order valence-corrected chi connectivity index (χ0v) is 10.6. The van der Waals surface area contributed by atoms with Crippen LogP contribution in [0, 0.1) is 13.8 Å². The van der Waals surface area contributed by atoms with E-state index in [0.29, 0.717) is 0 Å². The van der Waals surface area contributed by atoms with Gasteiger partial charge in [0.05, 0.1) is 11.7 Å². The van der Waals surface area contributed by atoms with Crippen LogP contribution in [0.2, 0.25) is 0 Å². The third kappa shape index (κ3) is 2.15. The van der Waals surface area contributed by atoms with Crippen LogP contribution in [0.15, 0.2) is 29.8 Å². The molecule has 0 spiro atoms. The molecule has 84 valence electrons. The van der Waals surface area contributed by atoms with Crippen LogP contribution in [-0.2, 0) is 0 Å². The van der Waals surface area contributed by atoms with E-state index < -0.39 is 0 Å². The Morgan fingerprint density at radius 1 is 1.31 bits per heavy atom. The summed E-state index contributed by atoms with van der Waals surface area (Å²) in [4.78, 5) is 5.80. The summed E-state index contributed by atoms with van der Waals surface area (Å²) in [6.07, 6.45) is 1.87. The molecule has 2 rings (SSSR count). The second-order valence-corrected chi connectivity index (χ2v) is 4.90. The number of hydrogen-bond donors (Lipinski definition) is 1. The van der Waals surface area contributed by atoms with Crippen LogP contribution in [0.5, 0.6) is 0 Å². The molecule has 0 radical (unpaired) electrons. The lowest BCUT2D eigenvalue weighted by Gasteiger charge is -2.15. The van der Waals surface area contributed by atoms with Crippen molar-refractivity contribution >= 4 is 11.3 Å². The molecule has 0 saturated carbocycles. The maximum absolute atomic E-state index is 4.45. The van der Waals surface area contributed by atoms with E-state index in [2.05, 4.69) is 41.7 Å². The van der Waals surface area contributed by atoms with Crippen molar-refractivity contribution in [1.82, 2.24) is 10.3 Å². The molecule has 3 heteroatoms. The molecule has 0 bridgehead atoms. The second kappa shape index (κ2) is 4.76. The molecule has 2 heterocycles. The third-order valence-electron chi connectivity index (χ3n) is 2.68. The summed E-state index contributed by atoms with van der Waals surface area (Å²) in [5.74, 6) is 0. The number of aromatic nitrogens is 1. The van der Waals surface area contributed by atoms with Gasteiger partial charge >= 0.3 is 0 Å². The Bertz CT molecular complexity index is 476. The largest absolute Gasteiger partial charge is 0.307 e. The first-order chi connectivity index (χ1) is 7.72. The molecule has 0 fully saturated rings. The summed E-state index contributed by atoms with van der Waals surface area (Å²) in [7, 11) is 1.98. The predicted octanol–water partition coefficient (Wildman–Crippen LogP) is 3.07. The van der Waals surface area contributed by atoms with Gasteiger partial charge in [0.15, 0.2) is 0 Å². The summed E-state index contributed by atoms with van der Waals surface area (Å²) in [5.41, 5.74) is 3.67. The van der Waals surface area contributed by atoms with Crippen molar-refractivity contribution in [2.75, 3.05) is 7.05 Å². The van der Waals surface area contributed by atoms with Crippen molar-refractivity contribution in [3.63, 3.8) is 0 Å². The minimum atomic E-state index is 0.208. The normalized spacial score (nSPS) is 12.7. The van der Waals surface area contributed by atoms with Crippen LogP contribution in [0.25, 0.3) is 0 Å². The van der Waals surface area contributed by atoms with Gasteiger partial charge in [0, 0.05) is 11.1 Å². The summed E-state index contributed by atoms with van der Waals surface area (Å²) in [6, 6.07) is 6.53. The van der Waals surface area contributed by atoms with Gasteiger partial charge in [-0.2, -0.15) is 0 Å². The van der Waals surface area contributed by atoms with Gasteiger partial charge in [-0.3, -0.25) is 4.98 Å². The number of hydrogen-bond acceptors (Lipinski definition) is 3. The SMILES string of the molecule is CNC(c1cc(C)ccn1)c1sccc1C. The minimum Gasteiger partial charge on any atom is -0.307 e. The Hall–Kier alpha value is -1.19. The van der Waals surface area contributed by atoms with Crippen LogP contribution in [-0.4, -0.2) is 12.0 Å².